The molecule has 0 saturated carbocycles. The van der Waals surface area contributed by atoms with Gasteiger partial charge in [-0.15, -0.1) is 0 Å². The molecule has 4 aromatic rings. The number of halogens is 1. The molecule has 0 bridgehead atoms. The van der Waals surface area contributed by atoms with Crippen molar-refractivity contribution in [2.45, 2.75) is 13.5 Å². The molecule has 25 heavy (non-hydrogen) atoms. The summed E-state index contributed by atoms with van der Waals surface area (Å²) in [6, 6.07) is 8.05. The highest BCUT2D eigenvalue weighted by molar-refractivity contribution is 9.10. The van der Waals surface area contributed by atoms with Crippen molar-refractivity contribution in [1.29, 1.82) is 0 Å². The molecule has 0 aliphatic heterocycles. The van der Waals surface area contributed by atoms with Crippen molar-refractivity contribution in [2.24, 2.45) is 14.1 Å². The van der Waals surface area contributed by atoms with Crippen LogP contribution in [0.15, 0.2) is 38.6 Å². The topological polar surface area (TPSA) is 77.6 Å². The first-order valence-electron chi connectivity index (χ1n) is 7.77. The van der Waals surface area contributed by atoms with Gasteiger partial charge >= 0.3 is 5.69 Å². The third-order valence-electron chi connectivity index (χ3n) is 4.47. The van der Waals surface area contributed by atoms with Gasteiger partial charge in [-0.05, 0) is 46.4 Å². The first-order chi connectivity index (χ1) is 11.9. The average Bonchev–Trinajstić information content (AvgIpc) is 3.10. The third kappa shape index (κ3) is 2.36. The Hall–Kier alpha value is -2.61. The van der Waals surface area contributed by atoms with Crippen molar-refractivity contribution < 1.29 is 0 Å². The van der Waals surface area contributed by atoms with Crippen molar-refractivity contribution in [3.05, 3.63) is 61.1 Å². The van der Waals surface area contributed by atoms with Crippen LogP contribution < -0.4 is 11.2 Å². The Labute approximate surface area is 150 Å². The number of imidazole rings is 1. The molecule has 0 fully saturated rings. The van der Waals surface area contributed by atoms with Crippen LogP contribution in [0.2, 0.25) is 0 Å². The summed E-state index contributed by atoms with van der Waals surface area (Å²) in [5.74, 6) is 0. The predicted octanol–water partition coefficient (Wildman–Crippen LogP) is 2.03. The lowest BCUT2D eigenvalue weighted by Crippen LogP contribution is -2.39. The number of hydrogen-bond donors (Lipinski definition) is 1. The molecule has 0 aliphatic rings. The van der Waals surface area contributed by atoms with Gasteiger partial charge in [0.25, 0.3) is 5.56 Å². The van der Waals surface area contributed by atoms with Gasteiger partial charge in [0.1, 0.15) is 0 Å². The molecule has 4 rings (SSSR count). The lowest BCUT2D eigenvalue weighted by Gasteiger charge is -2.07. The second-order valence-corrected chi connectivity index (χ2v) is 6.94. The van der Waals surface area contributed by atoms with Gasteiger partial charge in [0.05, 0.1) is 6.54 Å². The van der Waals surface area contributed by atoms with E-state index in [4.69, 9.17) is 0 Å². The fourth-order valence-electron chi connectivity index (χ4n) is 3.12. The van der Waals surface area contributed by atoms with E-state index in [2.05, 4.69) is 32.0 Å². The van der Waals surface area contributed by atoms with Crippen molar-refractivity contribution >= 4 is 38.0 Å². The summed E-state index contributed by atoms with van der Waals surface area (Å²) >= 11 is 3.30. The summed E-state index contributed by atoms with van der Waals surface area (Å²) < 4.78 is 4.78. The molecule has 7 nitrogen and oxygen atoms in total. The number of rotatable bonds is 2. The van der Waals surface area contributed by atoms with Crippen LogP contribution >= 0.6 is 15.9 Å². The van der Waals surface area contributed by atoms with Gasteiger partial charge in [0.2, 0.25) is 0 Å². The fraction of sp³-hybridized carbons (Fsp3) is 0.235. The van der Waals surface area contributed by atoms with Crippen molar-refractivity contribution in [3.8, 4) is 0 Å². The molecule has 0 spiro atoms. The molecular formula is C17H16BrN5O2. The first-order valence-corrected chi connectivity index (χ1v) is 8.56. The van der Waals surface area contributed by atoms with Gasteiger partial charge < -0.3 is 9.55 Å². The quantitative estimate of drug-likeness (QED) is 0.522. The smallest absolute Gasteiger partial charge is 0.332 e. The highest BCUT2D eigenvalue weighted by atomic mass is 79.9. The van der Waals surface area contributed by atoms with Crippen LogP contribution in [0.25, 0.3) is 22.1 Å². The van der Waals surface area contributed by atoms with E-state index in [1.165, 1.54) is 9.13 Å². The summed E-state index contributed by atoms with van der Waals surface area (Å²) in [6.07, 6.45) is 0. The van der Waals surface area contributed by atoms with E-state index in [0.29, 0.717) is 15.9 Å². The molecule has 0 radical (unpaired) electrons. The van der Waals surface area contributed by atoms with Gasteiger partial charge in [-0.3, -0.25) is 13.9 Å². The van der Waals surface area contributed by atoms with Crippen molar-refractivity contribution in [3.63, 3.8) is 0 Å². The molecule has 1 N–H and O–H groups in total. The molecule has 3 heterocycles. The summed E-state index contributed by atoms with van der Waals surface area (Å²) in [6.45, 7) is 2.21. The van der Waals surface area contributed by atoms with Crippen LogP contribution in [0, 0.1) is 6.92 Å². The molecule has 0 aliphatic carbocycles. The third-order valence-corrected chi connectivity index (χ3v) is 5.18. The zero-order chi connectivity index (χ0) is 17.9. The zero-order valence-corrected chi connectivity index (χ0v) is 15.6. The standard InChI is InChI=1S/C17H16BrN5O2/c1-9-4-5-12-10(6-9)7-11(19-12)8-23-15(24)13-14(22(3)17(23)25)20-16(18)21(13)2/h4-7,19H,8H2,1-3H3. The molecule has 0 amide bonds. The Balaban J connectivity index is 1.92. The average molecular weight is 402 g/mol. The summed E-state index contributed by atoms with van der Waals surface area (Å²) in [5.41, 5.74) is 2.96. The monoisotopic (exact) mass is 401 g/mol. The number of nitrogens with one attached hydrogen (secondary N) is 1. The minimum absolute atomic E-state index is 0.179. The molecule has 3 aromatic heterocycles. The summed E-state index contributed by atoms with van der Waals surface area (Å²) in [7, 11) is 3.36. The van der Waals surface area contributed by atoms with Crippen molar-refractivity contribution in [1.82, 2.24) is 23.7 Å². The van der Waals surface area contributed by atoms with Gasteiger partial charge in [0, 0.05) is 25.3 Å². The second-order valence-electron chi connectivity index (χ2n) is 6.23. The molecular weight excluding hydrogens is 386 g/mol. The maximum absolute atomic E-state index is 12.9. The number of nitrogens with zero attached hydrogens (tertiary/aromatic N) is 4. The van der Waals surface area contributed by atoms with Gasteiger partial charge in [-0.25, -0.2) is 9.78 Å². The van der Waals surface area contributed by atoms with Gasteiger partial charge in [0.15, 0.2) is 15.9 Å². The Morgan fingerprint density at radius 2 is 1.92 bits per heavy atom. The predicted molar refractivity (Wildman–Crippen MR) is 100 cm³/mol. The number of hydrogen-bond acceptors (Lipinski definition) is 3. The maximum Gasteiger partial charge on any atom is 0.332 e. The minimum atomic E-state index is -0.391. The van der Waals surface area contributed by atoms with Gasteiger partial charge in [-0.1, -0.05) is 11.6 Å². The number of H-pyrrole nitrogens is 1. The van der Waals surface area contributed by atoms with Crippen LogP contribution in [0.1, 0.15) is 11.3 Å². The number of aromatic nitrogens is 5. The SMILES string of the molecule is Cc1ccc2[nH]c(Cn3c(=O)c4c(nc(Br)n4C)n(C)c3=O)cc2c1. The van der Waals surface area contributed by atoms with Crippen LogP contribution in [-0.4, -0.2) is 23.7 Å². The fourth-order valence-corrected chi connectivity index (χ4v) is 3.47. The maximum atomic E-state index is 12.9. The molecule has 0 atom stereocenters. The largest absolute Gasteiger partial charge is 0.357 e. The Morgan fingerprint density at radius 3 is 2.68 bits per heavy atom. The van der Waals surface area contributed by atoms with Crippen LogP contribution in [0.4, 0.5) is 0 Å². The molecule has 1 aromatic carbocycles. The summed E-state index contributed by atoms with van der Waals surface area (Å²) in [5, 5.41) is 1.06. The normalized spacial score (nSPS) is 11.7. The lowest BCUT2D eigenvalue weighted by molar-refractivity contribution is 0.648. The molecule has 0 saturated heterocycles. The number of fused-ring (bicyclic) bond motifs is 2. The Kier molecular flexibility index (Phi) is 3.47. The zero-order valence-electron chi connectivity index (χ0n) is 14.0. The summed E-state index contributed by atoms with van der Waals surface area (Å²) in [4.78, 5) is 33.0. The van der Waals surface area contributed by atoms with Crippen LogP contribution in [0.5, 0.6) is 0 Å². The number of benzene rings is 1. The Bertz CT molecular complexity index is 1260. The highest BCUT2D eigenvalue weighted by Gasteiger charge is 2.18. The Morgan fingerprint density at radius 1 is 1.16 bits per heavy atom. The molecule has 8 heteroatoms. The molecule has 0 unspecified atom stereocenters. The van der Waals surface area contributed by atoms with E-state index in [0.717, 1.165) is 22.2 Å². The van der Waals surface area contributed by atoms with E-state index in [1.807, 2.05) is 25.1 Å². The number of aryl methyl sites for hydroxylation is 3. The minimum Gasteiger partial charge on any atom is -0.357 e. The van der Waals surface area contributed by atoms with Crippen LogP contribution in [0.3, 0.4) is 0 Å². The van der Waals surface area contributed by atoms with E-state index in [1.54, 1.807) is 18.7 Å². The van der Waals surface area contributed by atoms with E-state index >= 15 is 0 Å². The van der Waals surface area contributed by atoms with Crippen LogP contribution in [-0.2, 0) is 20.6 Å². The lowest BCUT2D eigenvalue weighted by atomic mass is 10.2. The molecule has 128 valence electrons. The number of aromatic amines is 1. The van der Waals surface area contributed by atoms with E-state index in [-0.39, 0.29) is 12.1 Å². The second kappa shape index (κ2) is 5.45. The first kappa shape index (κ1) is 15.9. The highest BCUT2D eigenvalue weighted by Crippen LogP contribution is 2.18. The van der Waals surface area contributed by atoms with Crippen molar-refractivity contribution in [2.75, 3.05) is 0 Å². The van der Waals surface area contributed by atoms with E-state index in [9.17, 15) is 9.59 Å². The van der Waals surface area contributed by atoms with E-state index < -0.39 is 5.69 Å². The van der Waals surface area contributed by atoms with Gasteiger partial charge in [-0.2, -0.15) is 0 Å².